The van der Waals surface area contributed by atoms with E-state index in [0.29, 0.717) is 29.6 Å². The first-order chi connectivity index (χ1) is 11.8. The van der Waals surface area contributed by atoms with Crippen LogP contribution in [0.25, 0.3) is 0 Å². The van der Waals surface area contributed by atoms with E-state index in [1.807, 2.05) is 13.0 Å². The highest BCUT2D eigenvalue weighted by Gasteiger charge is 2.18. The number of aryl methyl sites for hydroxylation is 1. The Balaban J connectivity index is 1.65. The average molecular weight is 325 g/mol. The van der Waals surface area contributed by atoms with Crippen LogP contribution in [0.2, 0.25) is 0 Å². The number of hydrazone groups is 1. The molecule has 2 N–H and O–H groups in total. The first kappa shape index (κ1) is 16.6. The SMILES string of the molecule is Cc1cc(C#CC2CC2)nnc1/C(C=NCC1CCCCO1)=N/N. The van der Waals surface area contributed by atoms with Crippen molar-refractivity contribution in [1.82, 2.24) is 10.2 Å². The summed E-state index contributed by atoms with van der Waals surface area (Å²) in [5, 5.41) is 12.2. The number of ether oxygens (including phenoxy) is 1. The minimum absolute atomic E-state index is 0.196. The summed E-state index contributed by atoms with van der Waals surface area (Å²) >= 11 is 0. The second-order valence-electron chi connectivity index (χ2n) is 6.30. The van der Waals surface area contributed by atoms with E-state index >= 15 is 0 Å². The fraction of sp³-hybridized carbons (Fsp3) is 0.556. The van der Waals surface area contributed by atoms with Crippen LogP contribution >= 0.6 is 0 Å². The van der Waals surface area contributed by atoms with E-state index in [1.54, 1.807) is 6.21 Å². The van der Waals surface area contributed by atoms with Crippen LogP contribution in [-0.2, 0) is 4.74 Å². The number of rotatable bonds is 4. The Morgan fingerprint density at radius 2 is 2.25 bits per heavy atom. The number of nitrogens with zero attached hydrogens (tertiary/aromatic N) is 4. The van der Waals surface area contributed by atoms with Crippen molar-refractivity contribution >= 4 is 11.9 Å². The van der Waals surface area contributed by atoms with Crippen molar-refractivity contribution in [2.75, 3.05) is 13.2 Å². The Morgan fingerprint density at radius 1 is 1.38 bits per heavy atom. The van der Waals surface area contributed by atoms with Crippen LogP contribution in [0.5, 0.6) is 0 Å². The molecule has 6 nitrogen and oxygen atoms in total. The van der Waals surface area contributed by atoms with Crippen LogP contribution in [0, 0.1) is 24.7 Å². The molecule has 24 heavy (non-hydrogen) atoms. The van der Waals surface area contributed by atoms with Crippen LogP contribution in [0.15, 0.2) is 16.2 Å². The van der Waals surface area contributed by atoms with Crippen molar-refractivity contribution < 1.29 is 4.74 Å². The molecule has 0 amide bonds. The third-order valence-corrected chi connectivity index (χ3v) is 4.14. The van der Waals surface area contributed by atoms with Crippen molar-refractivity contribution in [3.8, 4) is 11.8 Å². The summed E-state index contributed by atoms with van der Waals surface area (Å²) in [5.41, 5.74) is 2.79. The number of nitrogens with two attached hydrogens (primary N) is 1. The molecule has 2 fully saturated rings. The molecular weight excluding hydrogens is 302 g/mol. The van der Waals surface area contributed by atoms with Gasteiger partial charge in [-0.15, -0.1) is 10.2 Å². The smallest absolute Gasteiger partial charge is 0.136 e. The molecule has 2 heterocycles. The van der Waals surface area contributed by atoms with E-state index < -0.39 is 0 Å². The van der Waals surface area contributed by atoms with E-state index in [0.717, 1.165) is 25.0 Å². The van der Waals surface area contributed by atoms with Gasteiger partial charge in [0.05, 0.1) is 18.9 Å². The van der Waals surface area contributed by atoms with Gasteiger partial charge in [0.1, 0.15) is 17.1 Å². The maximum absolute atomic E-state index is 5.66. The summed E-state index contributed by atoms with van der Waals surface area (Å²) in [6.45, 7) is 3.40. The lowest BCUT2D eigenvalue weighted by atomic mass is 10.1. The van der Waals surface area contributed by atoms with Crippen molar-refractivity contribution in [2.45, 2.75) is 45.1 Å². The first-order valence-electron chi connectivity index (χ1n) is 8.52. The maximum atomic E-state index is 5.66. The summed E-state index contributed by atoms with van der Waals surface area (Å²) < 4.78 is 5.66. The zero-order valence-electron chi connectivity index (χ0n) is 14.0. The summed E-state index contributed by atoms with van der Waals surface area (Å²) in [6, 6.07) is 1.92. The Bertz CT molecular complexity index is 691. The first-order valence-corrected chi connectivity index (χ1v) is 8.52. The predicted octanol–water partition coefficient (Wildman–Crippen LogP) is 1.85. The van der Waals surface area contributed by atoms with E-state index in [4.69, 9.17) is 10.6 Å². The third kappa shape index (κ3) is 4.62. The molecule has 2 aliphatic rings. The quantitative estimate of drug-likeness (QED) is 0.396. The second kappa shape index (κ2) is 8.02. The zero-order valence-corrected chi connectivity index (χ0v) is 14.0. The van der Waals surface area contributed by atoms with E-state index in [1.165, 1.54) is 19.3 Å². The van der Waals surface area contributed by atoms with Crippen molar-refractivity contribution in [1.29, 1.82) is 0 Å². The largest absolute Gasteiger partial charge is 0.376 e. The monoisotopic (exact) mass is 325 g/mol. The van der Waals surface area contributed by atoms with Crippen LogP contribution in [0.3, 0.4) is 0 Å². The molecule has 0 radical (unpaired) electrons. The molecule has 6 heteroatoms. The van der Waals surface area contributed by atoms with Gasteiger partial charge in [-0.3, -0.25) is 4.99 Å². The maximum Gasteiger partial charge on any atom is 0.136 e. The Kier molecular flexibility index (Phi) is 5.55. The predicted molar refractivity (Wildman–Crippen MR) is 94.0 cm³/mol. The highest BCUT2D eigenvalue weighted by molar-refractivity contribution is 6.37. The van der Waals surface area contributed by atoms with Crippen LogP contribution in [0.1, 0.15) is 49.1 Å². The molecule has 0 bridgehead atoms. The van der Waals surface area contributed by atoms with Gasteiger partial charge in [0.2, 0.25) is 0 Å². The van der Waals surface area contributed by atoms with Crippen LogP contribution in [0.4, 0.5) is 0 Å². The van der Waals surface area contributed by atoms with Gasteiger partial charge < -0.3 is 10.6 Å². The lowest BCUT2D eigenvalue weighted by Crippen LogP contribution is -2.22. The summed E-state index contributed by atoms with van der Waals surface area (Å²) in [5.74, 6) is 12.3. The van der Waals surface area contributed by atoms with Gasteiger partial charge in [-0.25, -0.2) is 0 Å². The van der Waals surface area contributed by atoms with Gasteiger partial charge >= 0.3 is 0 Å². The molecule has 0 spiro atoms. The fourth-order valence-corrected chi connectivity index (χ4v) is 2.57. The topological polar surface area (TPSA) is 85.8 Å². The summed E-state index contributed by atoms with van der Waals surface area (Å²) in [6.07, 6.45) is 7.64. The third-order valence-electron chi connectivity index (χ3n) is 4.14. The van der Waals surface area contributed by atoms with Gasteiger partial charge in [0.25, 0.3) is 0 Å². The van der Waals surface area contributed by atoms with E-state index in [9.17, 15) is 0 Å². The van der Waals surface area contributed by atoms with Crippen LogP contribution in [-0.4, -0.2) is 41.4 Å². The minimum atomic E-state index is 0.196. The van der Waals surface area contributed by atoms with Gasteiger partial charge in [-0.05, 0) is 56.6 Å². The molecule has 1 aromatic heterocycles. The number of hydrogen-bond acceptors (Lipinski definition) is 6. The molecule has 126 valence electrons. The summed E-state index contributed by atoms with van der Waals surface area (Å²) in [4.78, 5) is 4.42. The standard InChI is InChI=1S/C18H23N5O/c1-13-10-15(8-7-14-5-6-14)22-23-18(13)17(21-19)12-20-11-16-4-2-3-9-24-16/h10,12,14,16H,2-6,9,11,19H2,1H3/b20-12?,21-17+. The zero-order chi connectivity index (χ0) is 16.8. The Labute approximate surface area is 142 Å². The molecule has 3 rings (SSSR count). The van der Waals surface area contributed by atoms with Gasteiger partial charge in [-0.1, -0.05) is 5.92 Å². The van der Waals surface area contributed by atoms with Gasteiger partial charge in [0, 0.05) is 12.5 Å². The molecule has 1 atom stereocenters. The highest BCUT2D eigenvalue weighted by atomic mass is 16.5. The lowest BCUT2D eigenvalue weighted by molar-refractivity contribution is 0.0226. The molecule has 1 saturated heterocycles. The van der Waals surface area contributed by atoms with Gasteiger partial charge in [-0.2, -0.15) is 5.10 Å². The molecular formula is C18H23N5O. The van der Waals surface area contributed by atoms with E-state index in [2.05, 4.69) is 32.1 Å². The molecule has 1 aliphatic carbocycles. The van der Waals surface area contributed by atoms with Crippen molar-refractivity contribution in [2.24, 2.45) is 21.9 Å². The lowest BCUT2D eigenvalue weighted by Gasteiger charge is -2.20. The Morgan fingerprint density at radius 3 is 2.92 bits per heavy atom. The minimum Gasteiger partial charge on any atom is -0.376 e. The molecule has 1 unspecified atom stereocenters. The number of aliphatic imine (C=N–C) groups is 1. The van der Waals surface area contributed by atoms with E-state index in [-0.39, 0.29) is 6.10 Å². The summed E-state index contributed by atoms with van der Waals surface area (Å²) in [7, 11) is 0. The Hall–Kier alpha value is -2.26. The molecule has 1 aromatic rings. The van der Waals surface area contributed by atoms with Crippen molar-refractivity contribution in [3.63, 3.8) is 0 Å². The fourth-order valence-electron chi connectivity index (χ4n) is 2.57. The average Bonchev–Trinajstić information content (AvgIpc) is 3.43. The normalized spacial score (nSPS) is 21.5. The molecule has 1 aliphatic heterocycles. The number of aromatic nitrogens is 2. The molecule has 1 saturated carbocycles. The van der Waals surface area contributed by atoms with Gasteiger partial charge in [0.15, 0.2) is 0 Å². The highest BCUT2D eigenvalue weighted by Crippen LogP contribution is 2.27. The second-order valence-corrected chi connectivity index (χ2v) is 6.30. The molecule has 0 aromatic carbocycles. The number of hydrogen-bond donors (Lipinski definition) is 1. The van der Waals surface area contributed by atoms with Crippen LogP contribution < -0.4 is 5.84 Å². The van der Waals surface area contributed by atoms with Crippen molar-refractivity contribution in [3.05, 3.63) is 23.0 Å².